The number of carbonyl (C=O) groups excluding carboxylic acids is 2. The summed E-state index contributed by atoms with van der Waals surface area (Å²) in [4.78, 5) is 80.5. The molecule has 109 heavy (non-hydrogen) atoms. The van der Waals surface area contributed by atoms with E-state index in [4.69, 9.17) is 64.1 Å². The van der Waals surface area contributed by atoms with Crippen molar-refractivity contribution >= 4 is 154 Å². The number of thiazole rings is 2. The average Bonchev–Trinajstić information content (AvgIpc) is 1.59. The van der Waals surface area contributed by atoms with E-state index in [0.717, 1.165) is 84.4 Å². The largest absolute Gasteiger partial charge is 0.492 e. The number of thioether (sulfide) groups is 2. The highest BCUT2D eigenvalue weighted by Crippen LogP contribution is 2.43. The van der Waals surface area contributed by atoms with Crippen molar-refractivity contribution in [3.63, 3.8) is 0 Å². The van der Waals surface area contributed by atoms with Gasteiger partial charge in [0.15, 0.2) is 0 Å². The fourth-order valence-corrected chi connectivity index (χ4v) is 15.5. The van der Waals surface area contributed by atoms with Crippen molar-refractivity contribution in [2.24, 2.45) is 11.5 Å². The van der Waals surface area contributed by atoms with Crippen molar-refractivity contribution in [2.45, 2.75) is 98.1 Å². The van der Waals surface area contributed by atoms with E-state index in [1.807, 2.05) is 71.4 Å². The van der Waals surface area contributed by atoms with E-state index in [9.17, 15) is 50.4 Å². The molecule has 7 heterocycles. The zero-order chi connectivity index (χ0) is 74.5. The number of aromatic nitrogens is 6. The molecule has 0 unspecified atom stereocenters. The lowest BCUT2D eigenvalue weighted by Crippen LogP contribution is -2.52. The van der Waals surface area contributed by atoms with Gasteiger partial charge < -0.3 is 61.5 Å². The highest BCUT2D eigenvalue weighted by molar-refractivity contribution is 7.98. The molecule has 25 nitrogen and oxygen atoms in total. The smallest absolute Gasteiger partial charge is 0.326 e. The summed E-state index contributed by atoms with van der Waals surface area (Å²) in [7, 11) is 0. The van der Waals surface area contributed by atoms with Crippen LogP contribution in [0.5, 0.6) is 11.5 Å². The number of nitrogens with two attached hydrogens (primary N) is 2. The van der Waals surface area contributed by atoms with Crippen LogP contribution in [0.15, 0.2) is 130 Å². The number of halogens is 6. The Balaban J connectivity index is 0.000000329. The van der Waals surface area contributed by atoms with Crippen LogP contribution in [0.1, 0.15) is 85.3 Å². The Morgan fingerprint density at radius 1 is 0.633 bits per heavy atom. The van der Waals surface area contributed by atoms with Gasteiger partial charge in [-0.2, -0.15) is 21.0 Å². The molecule has 0 radical (unpaired) electrons. The van der Waals surface area contributed by atoms with Gasteiger partial charge in [0.2, 0.25) is 11.8 Å². The number of rotatable bonds is 31. The average molecular weight is 1670 g/mol. The molecule has 35 heteroatoms. The van der Waals surface area contributed by atoms with Gasteiger partial charge in [-0.05, 0) is 112 Å². The summed E-state index contributed by atoms with van der Waals surface area (Å²) in [6.45, 7) is 6.58. The molecule has 2 aliphatic rings. The van der Waals surface area contributed by atoms with E-state index in [2.05, 4.69) is 54.7 Å². The summed E-state index contributed by atoms with van der Waals surface area (Å²) < 4.78 is 11.9. The Morgan fingerprint density at radius 3 is 1.48 bits per heavy atom. The second kappa shape index (κ2) is 43.4. The van der Waals surface area contributed by atoms with Crippen LogP contribution in [-0.4, -0.2) is 152 Å². The van der Waals surface area contributed by atoms with Crippen molar-refractivity contribution in [3.05, 3.63) is 170 Å². The SMILES string of the molecule is C[C@@H](C(=O)O)N(CCOc1ccc(-c2c(C#N)c(SCc3csc(-c4ccc(Cl)cc4)n3)nc(N3CCCC3)c2C#N)cc1)C(=O)[C@@H](N)CCN.C[C@H](NC(=O)[C@H](Cc1c[nH]cn1)NCCOc1ccc(-c2c(C#N)c(SCc3csc(-c4ccc(Cl)cc4)n3)nc(N3CCCC3)c2C#N)cc1)C(=O)O.Cl.Cl.Cl.Cl. The summed E-state index contributed by atoms with van der Waals surface area (Å²) in [5, 5.41) is 74.3. The number of pyridine rings is 2. The lowest BCUT2D eigenvalue weighted by molar-refractivity contribution is -0.150. The molecule has 2 fully saturated rings. The quantitative estimate of drug-likeness (QED) is 0.0157. The number of carbonyl (C=O) groups is 4. The summed E-state index contributed by atoms with van der Waals surface area (Å²) in [6.07, 6.45) is 7.61. The fourth-order valence-electron chi connectivity index (χ4n) is 11.6. The van der Waals surface area contributed by atoms with Gasteiger partial charge in [0.1, 0.15) is 104 Å². The van der Waals surface area contributed by atoms with E-state index in [0.29, 0.717) is 105 Å². The van der Waals surface area contributed by atoms with E-state index in [1.165, 1.54) is 71.3 Å². The monoisotopic (exact) mass is 1670 g/mol. The number of aliphatic carboxylic acids is 2. The predicted molar refractivity (Wildman–Crippen MR) is 435 cm³/mol. The third-order valence-electron chi connectivity index (χ3n) is 17.1. The summed E-state index contributed by atoms with van der Waals surface area (Å²) >= 11 is 18.0. The first kappa shape index (κ1) is 88.9. The number of nitrogens with zero attached hydrogens (tertiary/aromatic N) is 12. The highest BCUT2D eigenvalue weighted by Gasteiger charge is 2.32. The molecule has 2 amide bonds. The van der Waals surface area contributed by atoms with Crippen LogP contribution in [0, 0.1) is 45.3 Å². The number of aromatic amines is 1. The van der Waals surface area contributed by atoms with Gasteiger partial charge in [-0.1, -0.05) is 95.3 Å². The number of carboxylic acids is 2. The van der Waals surface area contributed by atoms with Crippen LogP contribution in [0.25, 0.3) is 43.4 Å². The molecule has 0 spiro atoms. The van der Waals surface area contributed by atoms with Crippen LogP contribution in [0.3, 0.4) is 0 Å². The molecule has 11 rings (SSSR count). The Kier molecular flexibility index (Phi) is 35.4. The topological polar surface area (TPSA) is 388 Å². The summed E-state index contributed by atoms with van der Waals surface area (Å²) in [5.41, 5.74) is 19.4. The third kappa shape index (κ3) is 23.3. The Bertz CT molecular complexity index is 4700. The number of imidazole rings is 1. The normalized spacial score (nSPS) is 13.1. The molecule has 0 saturated carbocycles. The molecular formula is C74H77Cl6N17O8S4. The first-order chi connectivity index (χ1) is 50.9. The number of ether oxygens (including phenoxy) is 2. The number of amides is 2. The second-order valence-corrected chi connectivity index (χ2v) is 28.8. The van der Waals surface area contributed by atoms with Crippen LogP contribution in [0.4, 0.5) is 11.6 Å². The van der Waals surface area contributed by atoms with Crippen LogP contribution in [-0.2, 0) is 37.1 Å². The fraction of sp³-hybridized carbons (Fsp3) is 0.311. The lowest BCUT2D eigenvalue weighted by Gasteiger charge is -2.29. The number of anilines is 2. The molecule has 0 bridgehead atoms. The number of carboxylic acid groups (broad SMARTS) is 2. The van der Waals surface area contributed by atoms with Gasteiger partial charge in [0.05, 0.1) is 53.2 Å². The molecule has 5 aromatic heterocycles. The molecule has 4 atom stereocenters. The molecule has 572 valence electrons. The van der Waals surface area contributed by atoms with Gasteiger partial charge >= 0.3 is 11.9 Å². The van der Waals surface area contributed by atoms with Gasteiger partial charge in [-0.15, -0.1) is 72.3 Å². The second-order valence-electron chi connectivity index (χ2n) is 24.3. The number of nitriles is 4. The van der Waals surface area contributed by atoms with Crippen LogP contribution in [0.2, 0.25) is 10.0 Å². The lowest BCUT2D eigenvalue weighted by atomic mass is 9.96. The minimum Gasteiger partial charge on any atom is -0.492 e. The maximum absolute atomic E-state index is 12.9. The zero-order valence-corrected chi connectivity index (χ0v) is 66.8. The van der Waals surface area contributed by atoms with Gasteiger partial charge in [0.25, 0.3) is 0 Å². The molecular weight excluding hydrogens is 1600 g/mol. The van der Waals surface area contributed by atoms with E-state index in [-0.39, 0.29) is 95.3 Å². The number of hydrogen-bond donors (Lipinski definition) is 7. The van der Waals surface area contributed by atoms with Crippen molar-refractivity contribution in [2.75, 3.05) is 68.8 Å². The number of benzene rings is 4. The van der Waals surface area contributed by atoms with Crippen LogP contribution >= 0.6 is 119 Å². The Hall–Kier alpha value is -8.99. The first-order valence-electron chi connectivity index (χ1n) is 33.5. The third-order valence-corrected chi connectivity index (χ3v) is 21.5. The highest BCUT2D eigenvalue weighted by atomic mass is 35.5. The van der Waals surface area contributed by atoms with E-state index in [1.54, 1.807) is 42.6 Å². The van der Waals surface area contributed by atoms with Crippen molar-refractivity contribution in [1.29, 1.82) is 21.0 Å². The molecule has 0 aliphatic carbocycles. The van der Waals surface area contributed by atoms with Crippen molar-refractivity contribution < 1.29 is 38.9 Å². The van der Waals surface area contributed by atoms with E-state index < -0.39 is 47.9 Å². The number of nitrogens with one attached hydrogen (secondary N) is 3. The standard InChI is InChI=1S/C38H36ClN9O4S2.C36H37ClN8O4S2.4ClH/c1-23(38(50)51)45-35(49)32(16-27-19-42-22-44-27)43-12-15-52-29-10-6-24(7-11-29)33-30(17-40)34(48-13-2-3-14-48)47-37(31(33)18-41)54-21-28-20-53-36(46-28)25-4-8-26(39)9-5-25;1-22(36(47)48)45(35(46)30(41)12-13-38)16-17-49-27-10-6-23(7-11-27)31-28(18-39)32(44-14-2-3-15-44)43-34(29(31)19-40)51-21-26-20-50-33(42-26)24-4-8-25(37)9-5-24;;;;/h4-11,19-20,22-23,32,43H,2-3,12-16,21H2,1H3,(H,42,44)(H,45,49)(H,50,51);4-11,20,22,30H,2-3,12-17,21,38,41H2,1H3,(H,47,48);4*1H/t23-,32-;22-,30-;;;;/m00..../s1. The number of H-pyrrole nitrogens is 1. The number of hydrogen-bond acceptors (Lipinski definition) is 24. The van der Waals surface area contributed by atoms with Crippen molar-refractivity contribution in [3.8, 4) is 79.2 Å². The maximum Gasteiger partial charge on any atom is 0.326 e. The minimum absolute atomic E-state index is 0. The minimum atomic E-state index is -1.16. The van der Waals surface area contributed by atoms with Crippen molar-refractivity contribution in [1.82, 2.24) is 45.4 Å². The molecule has 2 aliphatic heterocycles. The van der Waals surface area contributed by atoms with Gasteiger partial charge in [0, 0.05) is 99.9 Å². The Morgan fingerprint density at radius 2 is 1.07 bits per heavy atom. The molecule has 9 N–H and O–H groups in total. The van der Waals surface area contributed by atoms with Gasteiger partial charge in [-0.3, -0.25) is 14.4 Å². The molecule has 4 aromatic carbocycles. The predicted octanol–water partition coefficient (Wildman–Crippen LogP) is 13.3. The molecule has 2 saturated heterocycles. The maximum atomic E-state index is 12.9. The zero-order valence-electron chi connectivity index (χ0n) is 58.8. The molecule has 9 aromatic rings. The Labute approximate surface area is 681 Å². The summed E-state index contributed by atoms with van der Waals surface area (Å²) in [5.74, 6) is -0.176. The van der Waals surface area contributed by atoms with E-state index >= 15 is 0 Å². The van der Waals surface area contributed by atoms with Crippen LogP contribution < -0.4 is 41.4 Å². The van der Waals surface area contributed by atoms with Gasteiger partial charge in [-0.25, -0.2) is 29.7 Å². The first-order valence-corrected chi connectivity index (χ1v) is 38.0. The summed E-state index contributed by atoms with van der Waals surface area (Å²) in [6, 6.07) is 34.7.